The molecular weight excluding hydrogens is 379 g/mol. The van der Waals surface area contributed by atoms with Gasteiger partial charge in [0.1, 0.15) is 10.7 Å². The minimum absolute atomic E-state index is 0.0837. The summed E-state index contributed by atoms with van der Waals surface area (Å²) in [4.78, 5) is 2.37. The predicted molar refractivity (Wildman–Crippen MR) is 109 cm³/mol. The van der Waals surface area contributed by atoms with Crippen molar-refractivity contribution in [1.82, 2.24) is 14.1 Å². The van der Waals surface area contributed by atoms with Crippen molar-refractivity contribution in [3.8, 4) is 0 Å². The summed E-state index contributed by atoms with van der Waals surface area (Å²) in [6.07, 6.45) is 1.66. The van der Waals surface area contributed by atoms with Crippen LogP contribution < -0.4 is 4.90 Å². The Morgan fingerprint density at radius 2 is 1.61 bits per heavy atom. The quantitative estimate of drug-likeness (QED) is 0.778. The molecule has 0 atom stereocenters. The molecule has 1 aromatic heterocycles. The van der Waals surface area contributed by atoms with E-state index in [0.717, 1.165) is 5.69 Å². The number of benzene rings is 1. The fraction of sp³-hybridized carbons (Fsp3) is 0.550. The number of sulfonamides is 1. The van der Waals surface area contributed by atoms with Crippen molar-refractivity contribution >= 4 is 15.7 Å². The van der Waals surface area contributed by atoms with Crippen LogP contribution in [-0.4, -0.2) is 48.7 Å². The summed E-state index contributed by atoms with van der Waals surface area (Å²) in [6, 6.07) is 6.39. The summed E-state index contributed by atoms with van der Waals surface area (Å²) in [6.45, 7) is 11.8. The van der Waals surface area contributed by atoms with E-state index in [9.17, 15) is 12.8 Å². The third-order valence-corrected chi connectivity index (χ3v) is 6.89. The van der Waals surface area contributed by atoms with Crippen LogP contribution >= 0.6 is 0 Å². The zero-order valence-electron chi connectivity index (χ0n) is 17.2. The molecule has 6 nitrogen and oxygen atoms in total. The third-order valence-electron chi connectivity index (χ3n) is 4.99. The van der Waals surface area contributed by atoms with Crippen molar-refractivity contribution < 1.29 is 12.8 Å². The molecule has 0 bridgehead atoms. The molecular formula is C20H29FN4O2S. The summed E-state index contributed by atoms with van der Waals surface area (Å²) < 4.78 is 43.2. The third kappa shape index (κ3) is 4.07. The Hall–Kier alpha value is -1.93. The molecule has 3 rings (SSSR count). The Bertz CT molecular complexity index is 922. The maximum absolute atomic E-state index is 13.4. The molecule has 8 heteroatoms. The number of piperazine rings is 1. The normalized spacial score (nSPS) is 16.8. The number of anilines is 1. The predicted octanol–water partition coefficient (Wildman–Crippen LogP) is 3.41. The van der Waals surface area contributed by atoms with E-state index >= 15 is 0 Å². The van der Waals surface area contributed by atoms with Gasteiger partial charge in [-0.1, -0.05) is 20.8 Å². The van der Waals surface area contributed by atoms with Gasteiger partial charge in [0.15, 0.2) is 0 Å². The van der Waals surface area contributed by atoms with E-state index in [1.54, 1.807) is 23.0 Å². The first kappa shape index (κ1) is 20.8. The lowest BCUT2D eigenvalue weighted by molar-refractivity contribution is 0.383. The van der Waals surface area contributed by atoms with Crippen LogP contribution in [0.4, 0.5) is 10.1 Å². The summed E-state index contributed by atoms with van der Waals surface area (Å²) >= 11 is 0. The molecule has 0 amide bonds. The number of hydrogen-bond acceptors (Lipinski definition) is 4. The van der Waals surface area contributed by atoms with Gasteiger partial charge < -0.3 is 4.90 Å². The summed E-state index contributed by atoms with van der Waals surface area (Å²) in [5.41, 5.74) is 1.13. The molecule has 0 radical (unpaired) electrons. The lowest BCUT2D eigenvalue weighted by Gasteiger charge is -2.35. The van der Waals surface area contributed by atoms with Gasteiger partial charge in [-0.15, -0.1) is 0 Å². The van der Waals surface area contributed by atoms with Crippen molar-refractivity contribution in [2.24, 2.45) is 0 Å². The molecule has 1 aliphatic rings. The zero-order chi connectivity index (χ0) is 20.7. The van der Waals surface area contributed by atoms with E-state index < -0.39 is 10.0 Å². The van der Waals surface area contributed by atoms with E-state index in [-0.39, 0.29) is 17.3 Å². The van der Waals surface area contributed by atoms with Crippen LogP contribution in [0.5, 0.6) is 0 Å². The lowest BCUT2D eigenvalue weighted by Crippen LogP contribution is -2.48. The highest BCUT2D eigenvalue weighted by Gasteiger charge is 2.35. The van der Waals surface area contributed by atoms with Crippen LogP contribution in [0.25, 0.3) is 0 Å². The van der Waals surface area contributed by atoms with Crippen LogP contribution in [0, 0.1) is 5.82 Å². The minimum atomic E-state index is -3.64. The van der Waals surface area contributed by atoms with E-state index in [0.29, 0.717) is 36.8 Å². The van der Waals surface area contributed by atoms with Crippen LogP contribution in [0.3, 0.4) is 0 Å². The number of hydrogen-bond donors (Lipinski definition) is 0. The van der Waals surface area contributed by atoms with E-state index in [2.05, 4.69) is 10.00 Å². The van der Waals surface area contributed by atoms with E-state index in [1.165, 1.54) is 16.4 Å². The van der Waals surface area contributed by atoms with Gasteiger partial charge in [0.05, 0.1) is 5.69 Å². The van der Waals surface area contributed by atoms with Crippen LogP contribution in [-0.2, 0) is 15.4 Å². The van der Waals surface area contributed by atoms with Gasteiger partial charge in [0.2, 0.25) is 10.0 Å². The Morgan fingerprint density at radius 3 is 2.11 bits per heavy atom. The van der Waals surface area contributed by atoms with Crippen molar-refractivity contribution in [1.29, 1.82) is 0 Å². The maximum atomic E-state index is 13.4. The molecule has 1 saturated heterocycles. The van der Waals surface area contributed by atoms with Gasteiger partial charge in [0, 0.05) is 49.5 Å². The van der Waals surface area contributed by atoms with Gasteiger partial charge in [-0.3, -0.25) is 4.68 Å². The Labute approximate surface area is 167 Å². The van der Waals surface area contributed by atoms with Gasteiger partial charge in [-0.25, -0.2) is 12.8 Å². The number of aromatic nitrogens is 2. The SMILES string of the molecule is CC(C)n1cc(S(=O)(=O)N2CCN(c3ccc(F)cc3)CC2)c(C(C)(C)C)n1. The molecule has 1 aliphatic heterocycles. The fourth-order valence-electron chi connectivity index (χ4n) is 3.33. The molecule has 154 valence electrons. The molecule has 0 saturated carbocycles. The van der Waals surface area contributed by atoms with E-state index in [1.807, 2.05) is 34.6 Å². The number of rotatable bonds is 4. The maximum Gasteiger partial charge on any atom is 0.246 e. The minimum Gasteiger partial charge on any atom is -0.369 e. The molecule has 0 N–H and O–H groups in total. The summed E-state index contributed by atoms with van der Waals surface area (Å²) in [5.74, 6) is -0.276. The highest BCUT2D eigenvalue weighted by atomic mass is 32.2. The molecule has 0 unspecified atom stereocenters. The fourth-order valence-corrected chi connectivity index (χ4v) is 5.08. The van der Waals surface area contributed by atoms with Gasteiger partial charge in [-0.05, 0) is 38.1 Å². The van der Waals surface area contributed by atoms with Crippen LogP contribution in [0.2, 0.25) is 0 Å². The average Bonchev–Trinajstić information content (AvgIpc) is 3.09. The lowest BCUT2D eigenvalue weighted by atomic mass is 9.92. The second-order valence-electron chi connectivity index (χ2n) is 8.53. The van der Waals surface area contributed by atoms with Crippen LogP contribution in [0.1, 0.15) is 46.4 Å². The molecule has 28 heavy (non-hydrogen) atoms. The second-order valence-corrected chi connectivity index (χ2v) is 10.4. The van der Waals surface area contributed by atoms with Gasteiger partial charge >= 0.3 is 0 Å². The van der Waals surface area contributed by atoms with Crippen molar-refractivity contribution in [2.75, 3.05) is 31.1 Å². The van der Waals surface area contributed by atoms with Crippen molar-refractivity contribution in [3.05, 3.63) is 42.0 Å². The van der Waals surface area contributed by atoms with Crippen molar-refractivity contribution in [2.45, 2.75) is 51.0 Å². The Balaban J connectivity index is 1.84. The number of halogens is 1. The molecule has 2 aromatic rings. The largest absolute Gasteiger partial charge is 0.369 e. The smallest absolute Gasteiger partial charge is 0.246 e. The second kappa shape index (κ2) is 7.48. The summed E-state index contributed by atoms with van der Waals surface area (Å²) in [7, 11) is -3.64. The monoisotopic (exact) mass is 408 g/mol. The standard InChI is InChI=1S/C20H29FN4O2S/c1-15(2)25-14-18(19(22-25)20(3,4)5)28(26,27)24-12-10-23(11-13-24)17-8-6-16(21)7-9-17/h6-9,14-15H,10-13H2,1-5H3. The van der Waals surface area contributed by atoms with Gasteiger partial charge in [-0.2, -0.15) is 9.40 Å². The highest BCUT2D eigenvalue weighted by molar-refractivity contribution is 7.89. The van der Waals surface area contributed by atoms with Crippen molar-refractivity contribution in [3.63, 3.8) is 0 Å². The number of nitrogens with zero attached hydrogens (tertiary/aromatic N) is 4. The zero-order valence-corrected chi connectivity index (χ0v) is 18.0. The average molecular weight is 409 g/mol. The molecule has 1 aromatic carbocycles. The van der Waals surface area contributed by atoms with E-state index in [4.69, 9.17) is 0 Å². The molecule has 1 fully saturated rings. The Morgan fingerprint density at radius 1 is 1.04 bits per heavy atom. The van der Waals surface area contributed by atoms with Crippen LogP contribution in [0.15, 0.2) is 35.4 Å². The first-order chi connectivity index (χ1) is 13.0. The molecule has 0 spiro atoms. The molecule has 0 aliphatic carbocycles. The molecule has 2 heterocycles. The highest BCUT2D eigenvalue weighted by Crippen LogP contribution is 2.31. The topological polar surface area (TPSA) is 58.4 Å². The Kier molecular flexibility index (Phi) is 5.55. The van der Waals surface area contributed by atoms with Gasteiger partial charge in [0.25, 0.3) is 0 Å². The first-order valence-corrected chi connectivity index (χ1v) is 11.0. The summed E-state index contributed by atoms with van der Waals surface area (Å²) in [5, 5.41) is 4.58. The first-order valence-electron chi connectivity index (χ1n) is 9.60.